The summed E-state index contributed by atoms with van der Waals surface area (Å²) >= 11 is 3.15. The summed E-state index contributed by atoms with van der Waals surface area (Å²) in [5.74, 6) is -0.909. The number of ether oxygens (including phenoxy) is 1. The molecule has 2 N–H and O–H groups in total. The summed E-state index contributed by atoms with van der Waals surface area (Å²) in [5, 5.41) is 5.18. The standard InChI is InChI=1S/C17H15BrN2O5/c1-11(21)19-12-3-2-4-13(9-12)20-16(22)10-24-17(23)8-6-14-5-7-15(18)25-14/h2-9H,10H2,1H3,(H,19,21)(H,20,22)/b8-6+. The van der Waals surface area contributed by atoms with Gasteiger partial charge in [0.2, 0.25) is 5.91 Å². The maximum atomic E-state index is 11.8. The summed E-state index contributed by atoms with van der Waals surface area (Å²) in [7, 11) is 0. The molecule has 0 fully saturated rings. The van der Waals surface area contributed by atoms with Gasteiger partial charge in [-0.2, -0.15) is 0 Å². The Hall–Kier alpha value is -2.87. The average molecular weight is 407 g/mol. The first-order valence-corrected chi connectivity index (χ1v) is 7.99. The number of carbonyl (C=O) groups is 3. The van der Waals surface area contributed by atoms with Crippen LogP contribution in [0.2, 0.25) is 0 Å². The highest BCUT2D eigenvalue weighted by Crippen LogP contribution is 2.16. The lowest BCUT2D eigenvalue weighted by Crippen LogP contribution is -2.20. The van der Waals surface area contributed by atoms with E-state index in [2.05, 4.69) is 26.6 Å². The van der Waals surface area contributed by atoms with Crippen molar-refractivity contribution in [3.8, 4) is 0 Å². The summed E-state index contributed by atoms with van der Waals surface area (Å²) in [6.45, 7) is 0.953. The van der Waals surface area contributed by atoms with Crippen molar-refractivity contribution in [1.29, 1.82) is 0 Å². The molecule has 0 aliphatic carbocycles. The van der Waals surface area contributed by atoms with Crippen molar-refractivity contribution in [2.24, 2.45) is 0 Å². The van der Waals surface area contributed by atoms with Crippen LogP contribution < -0.4 is 10.6 Å². The zero-order chi connectivity index (χ0) is 18.2. The third-order valence-corrected chi connectivity index (χ3v) is 3.22. The largest absolute Gasteiger partial charge is 0.452 e. The molecule has 0 radical (unpaired) electrons. The fraction of sp³-hybridized carbons (Fsp3) is 0.118. The van der Waals surface area contributed by atoms with Crippen LogP contribution in [0.4, 0.5) is 11.4 Å². The van der Waals surface area contributed by atoms with Gasteiger partial charge in [0.05, 0.1) is 0 Å². The molecule has 25 heavy (non-hydrogen) atoms. The van der Waals surface area contributed by atoms with Gasteiger partial charge < -0.3 is 19.8 Å². The van der Waals surface area contributed by atoms with Crippen LogP contribution in [-0.4, -0.2) is 24.4 Å². The minimum Gasteiger partial charge on any atom is -0.452 e. The van der Waals surface area contributed by atoms with Gasteiger partial charge in [-0.15, -0.1) is 0 Å². The second kappa shape index (κ2) is 8.84. The normalized spacial score (nSPS) is 10.5. The fourth-order valence-corrected chi connectivity index (χ4v) is 2.15. The molecule has 0 aliphatic rings. The van der Waals surface area contributed by atoms with Crippen LogP contribution >= 0.6 is 15.9 Å². The van der Waals surface area contributed by atoms with Crippen molar-refractivity contribution >= 4 is 51.2 Å². The Morgan fingerprint density at radius 1 is 1.16 bits per heavy atom. The Labute approximate surface area is 152 Å². The van der Waals surface area contributed by atoms with E-state index < -0.39 is 18.5 Å². The van der Waals surface area contributed by atoms with Crippen molar-refractivity contribution in [2.75, 3.05) is 17.2 Å². The lowest BCUT2D eigenvalue weighted by molar-refractivity contribution is -0.142. The topological polar surface area (TPSA) is 97.6 Å². The molecule has 130 valence electrons. The molecule has 0 aliphatic heterocycles. The Kier molecular flexibility index (Phi) is 6.53. The summed E-state index contributed by atoms with van der Waals surface area (Å²) in [6, 6.07) is 9.97. The number of rotatable bonds is 6. The van der Waals surface area contributed by atoms with E-state index >= 15 is 0 Å². The van der Waals surface area contributed by atoms with E-state index in [1.54, 1.807) is 36.4 Å². The number of carbonyl (C=O) groups excluding carboxylic acids is 3. The highest BCUT2D eigenvalue weighted by Gasteiger charge is 2.07. The van der Waals surface area contributed by atoms with Crippen LogP contribution in [0.3, 0.4) is 0 Å². The number of furan rings is 1. The minimum atomic E-state index is -0.672. The predicted molar refractivity (Wildman–Crippen MR) is 95.8 cm³/mol. The zero-order valence-corrected chi connectivity index (χ0v) is 14.8. The Balaban J connectivity index is 1.81. The molecule has 1 aromatic heterocycles. The molecule has 7 nitrogen and oxygen atoms in total. The average Bonchev–Trinajstić information content (AvgIpc) is 2.96. The first kappa shape index (κ1) is 18.5. The van der Waals surface area contributed by atoms with Gasteiger partial charge in [0.25, 0.3) is 5.91 Å². The zero-order valence-electron chi connectivity index (χ0n) is 13.2. The molecule has 0 spiro atoms. The SMILES string of the molecule is CC(=O)Nc1cccc(NC(=O)COC(=O)/C=C/c2ccc(Br)o2)c1. The first-order valence-electron chi connectivity index (χ1n) is 7.20. The predicted octanol–water partition coefficient (Wildman–Crippen LogP) is 3.20. The van der Waals surface area contributed by atoms with Crippen molar-refractivity contribution in [3.05, 3.63) is 52.9 Å². The van der Waals surface area contributed by atoms with Crippen molar-refractivity contribution < 1.29 is 23.5 Å². The number of hydrogen-bond donors (Lipinski definition) is 2. The van der Waals surface area contributed by atoms with Gasteiger partial charge in [-0.25, -0.2) is 4.79 Å². The van der Waals surface area contributed by atoms with Gasteiger partial charge in [-0.05, 0) is 52.3 Å². The third kappa shape index (κ3) is 6.64. The molecule has 2 aromatic rings. The van der Waals surface area contributed by atoms with E-state index in [0.717, 1.165) is 6.08 Å². The van der Waals surface area contributed by atoms with E-state index in [9.17, 15) is 14.4 Å². The fourth-order valence-electron chi connectivity index (χ4n) is 1.83. The lowest BCUT2D eigenvalue weighted by atomic mass is 10.2. The Bertz CT molecular complexity index is 813. The highest BCUT2D eigenvalue weighted by molar-refractivity contribution is 9.10. The second-order valence-electron chi connectivity index (χ2n) is 4.89. The monoisotopic (exact) mass is 406 g/mol. The Morgan fingerprint density at radius 2 is 1.88 bits per heavy atom. The molecule has 2 amide bonds. The summed E-state index contributed by atoms with van der Waals surface area (Å²) in [5.41, 5.74) is 1.03. The van der Waals surface area contributed by atoms with Crippen LogP contribution in [0, 0.1) is 0 Å². The highest BCUT2D eigenvalue weighted by atomic mass is 79.9. The smallest absolute Gasteiger partial charge is 0.331 e. The molecule has 0 atom stereocenters. The van der Waals surface area contributed by atoms with Crippen LogP contribution in [0.15, 0.2) is 51.6 Å². The van der Waals surface area contributed by atoms with Gasteiger partial charge in [0, 0.05) is 24.4 Å². The number of halogens is 1. The van der Waals surface area contributed by atoms with Gasteiger partial charge in [0.1, 0.15) is 5.76 Å². The number of esters is 1. The third-order valence-electron chi connectivity index (χ3n) is 2.79. The molecule has 0 saturated heterocycles. The van der Waals surface area contributed by atoms with Gasteiger partial charge in [0.15, 0.2) is 11.3 Å². The number of amides is 2. The summed E-state index contributed by atoms with van der Waals surface area (Å²) < 4.78 is 10.6. The van der Waals surface area contributed by atoms with Crippen LogP contribution in [0.5, 0.6) is 0 Å². The summed E-state index contributed by atoms with van der Waals surface area (Å²) in [4.78, 5) is 34.4. The van der Waals surface area contributed by atoms with E-state index in [4.69, 9.17) is 9.15 Å². The van der Waals surface area contributed by atoms with Crippen LogP contribution in [0.25, 0.3) is 6.08 Å². The summed E-state index contributed by atoms with van der Waals surface area (Å²) in [6.07, 6.45) is 2.60. The number of anilines is 2. The first-order chi connectivity index (χ1) is 11.9. The number of hydrogen-bond acceptors (Lipinski definition) is 5. The van der Waals surface area contributed by atoms with Crippen LogP contribution in [-0.2, 0) is 19.1 Å². The molecule has 1 aromatic carbocycles. The quantitative estimate of drug-likeness (QED) is 0.566. The molecule has 1 heterocycles. The molecule has 2 rings (SSSR count). The van der Waals surface area contributed by atoms with Crippen molar-refractivity contribution in [3.63, 3.8) is 0 Å². The lowest BCUT2D eigenvalue weighted by Gasteiger charge is -2.07. The van der Waals surface area contributed by atoms with Gasteiger partial charge >= 0.3 is 5.97 Å². The molecular formula is C17H15BrN2O5. The molecule has 8 heteroatoms. The van der Waals surface area contributed by atoms with Gasteiger partial charge in [-0.1, -0.05) is 6.07 Å². The number of benzene rings is 1. The Morgan fingerprint density at radius 3 is 2.52 bits per heavy atom. The van der Waals surface area contributed by atoms with E-state index in [-0.39, 0.29) is 5.91 Å². The maximum Gasteiger partial charge on any atom is 0.331 e. The van der Waals surface area contributed by atoms with E-state index in [1.807, 2.05) is 0 Å². The molecule has 0 bridgehead atoms. The van der Waals surface area contributed by atoms with Crippen LogP contribution in [0.1, 0.15) is 12.7 Å². The number of nitrogens with one attached hydrogen (secondary N) is 2. The van der Waals surface area contributed by atoms with Gasteiger partial charge in [-0.3, -0.25) is 9.59 Å². The van der Waals surface area contributed by atoms with E-state index in [0.29, 0.717) is 21.8 Å². The minimum absolute atomic E-state index is 0.215. The van der Waals surface area contributed by atoms with Crippen molar-refractivity contribution in [2.45, 2.75) is 6.92 Å². The molecule has 0 unspecified atom stereocenters. The van der Waals surface area contributed by atoms with E-state index in [1.165, 1.54) is 13.0 Å². The maximum absolute atomic E-state index is 11.8. The van der Waals surface area contributed by atoms with Crippen molar-refractivity contribution in [1.82, 2.24) is 0 Å². The molecular weight excluding hydrogens is 392 g/mol. The second-order valence-corrected chi connectivity index (χ2v) is 5.67. The molecule has 0 saturated carbocycles.